The van der Waals surface area contributed by atoms with Gasteiger partial charge in [-0.05, 0) is 24.9 Å². The quantitative estimate of drug-likeness (QED) is 0.414. The lowest BCUT2D eigenvalue weighted by Gasteiger charge is -2.22. The molecule has 3 nitrogen and oxygen atoms in total. The lowest BCUT2D eigenvalue weighted by Crippen LogP contribution is -2.35. The number of nitrogens with zero attached hydrogens (tertiary/aromatic N) is 1. The van der Waals surface area contributed by atoms with Crippen LogP contribution in [0.25, 0.3) is 0 Å². The highest BCUT2D eigenvalue weighted by Gasteiger charge is 2.19. The molecule has 0 bridgehead atoms. The summed E-state index contributed by atoms with van der Waals surface area (Å²) in [6.45, 7) is 3.92. The number of carbonyl (C=O) groups is 1. The van der Waals surface area contributed by atoms with Gasteiger partial charge in [0.25, 0.3) is 0 Å². The summed E-state index contributed by atoms with van der Waals surface area (Å²) in [4.78, 5) is 12.4. The van der Waals surface area contributed by atoms with Crippen LogP contribution in [0.2, 0.25) is 0 Å². The molecule has 1 aliphatic rings. The maximum Gasteiger partial charge on any atom is 0.316 e. The second-order valence-electron chi connectivity index (χ2n) is 2.70. The Balaban J connectivity index is 2.52. The molecular weight excluding hydrogens is 166 g/mol. The third kappa shape index (κ3) is 2.34. The first-order valence-electron chi connectivity index (χ1n) is 3.75. The van der Waals surface area contributed by atoms with Crippen LogP contribution in [0.3, 0.4) is 0 Å². The van der Waals surface area contributed by atoms with Crippen LogP contribution in [0.5, 0.6) is 0 Å². The van der Waals surface area contributed by atoms with Crippen molar-refractivity contribution in [2.45, 2.75) is 19.4 Å². The van der Waals surface area contributed by atoms with Gasteiger partial charge in [-0.1, -0.05) is 0 Å². The van der Waals surface area contributed by atoms with Gasteiger partial charge in [-0.2, -0.15) is 0 Å². The second kappa shape index (κ2) is 3.93. The van der Waals surface area contributed by atoms with Crippen LogP contribution in [0.1, 0.15) is 13.3 Å². The Hall–Kier alpha value is -0.280. The molecule has 11 heavy (non-hydrogen) atoms. The van der Waals surface area contributed by atoms with Crippen LogP contribution < -0.4 is 0 Å². The predicted molar refractivity (Wildman–Crippen MR) is 42.9 cm³/mol. The fourth-order valence-electron chi connectivity index (χ4n) is 1.16. The first kappa shape index (κ1) is 8.81. The summed E-state index contributed by atoms with van der Waals surface area (Å²) < 4.78 is 5.19. The average molecular weight is 178 g/mol. The zero-order valence-corrected chi connectivity index (χ0v) is 7.30. The van der Waals surface area contributed by atoms with Crippen LogP contribution >= 0.6 is 11.6 Å². The topological polar surface area (TPSA) is 29.5 Å². The van der Waals surface area contributed by atoms with E-state index in [1.807, 2.05) is 6.92 Å². The van der Waals surface area contributed by atoms with Crippen LogP contribution in [-0.2, 0) is 4.74 Å². The van der Waals surface area contributed by atoms with Gasteiger partial charge in [0.2, 0.25) is 0 Å². The van der Waals surface area contributed by atoms with Gasteiger partial charge < -0.3 is 9.64 Å². The van der Waals surface area contributed by atoms with E-state index in [4.69, 9.17) is 16.3 Å². The zero-order valence-electron chi connectivity index (χ0n) is 6.55. The van der Waals surface area contributed by atoms with Crippen molar-refractivity contribution in [3.05, 3.63) is 0 Å². The summed E-state index contributed by atoms with van der Waals surface area (Å²) in [6.07, 6.45) is 0.873. The summed E-state index contributed by atoms with van der Waals surface area (Å²) in [6, 6.07) is 0.211. The number of carbonyl (C=O) groups excluding carboxylic acids is 1. The normalized spacial score (nSPS) is 26.4. The van der Waals surface area contributed by atoms with Crippen molar-refractivity contribution in [1.29, 1.82) is 0 Å². The van der Waals surface area contributed by atoms with Crippen LogP contribution in [0.15, 0.2) is 0 Å². The van der Waals surface area contributed by atoms with Crippen molar-refractivity contribution in [2.24, 2.45) is 0 Å². The second-order valence-corrected chi connectivity index (χ2v) is 3.02. The van der Waals surface area contributed by atoms with Crippen molar-refractivity contribution in [3.63, 3.8) is 0 Å². The van der Waals surface area contributed by atoms with Gasteiger partial charge in [0, 0.05) is 19.2 Å². The summed E-state index contributed by atoms with van der Waals surface area (Å²) in [5.74, 6) is 0. The molecule has 0 radical (unpaired) electrons. The minimum atomic E-state index is -0.372. The third-order valence-electron chi connectivity index (χ3n) is 1.91. The van der Waals surface area contributed by atoms with Crippen molar-refractivity contribution in [1.82, 2.24) is 4.90 Å². The number of hydrogen-bond acceptors (Lipinski definition) is 2. The van der Waals surface area contributed by atoms with E-state index in [2.05, 4.69) is 0 Å². The smallest absolute Gasteiger partial charge is 0.316 e. The van der Waals surface area contributed by atoms with E-state index >= 15 is 0 Å². The van der Waals surface area contributed by atoms with E-state index < -0.39 is 0 Å². The maximum atomic E-state index is 10.8. The van der Waals surface area contributed by atoms with Crippen LogP contribution in [0, 0.1) is 0 Å². The fourth-order valence-corrected chi connectivity index (χ4v) is 1.41. The Morgan fingerprint density at radius 3 is 3.00 bits per heavy atom. The lowest BCUT2D eigenvalue weighted by molar-refractivity contribution is 0.144. The van der Waals surface area contributed by atoms with Gasteiger partial charge in [-0.15, -0.1) is 0 Å². The van der Waals surface area contributed by atoms with E-state index in [0.717, 1.165) is 13.0 Å². The minimum Gasteiger partial charge on any atom is -0.380 e. The molecule has 1 fully saturated rings. The molecule has 0 aromatic carbocycles. The Kier molecular flexibility index (Phi) is 3.15. The molecule has 0 aliphatic carbocycles. The number of halogens is 1. The van der Waals surface area contributed by atoms with Gasteiger partial charge >= 0.3 is 5.37 Å². The summed E-state index contributed by atoms with van der Waals surface area (Å²) in [5, 5.41) is -0.372. The Bertz CT molecular complexity index is 151. The molecule has 1 heterocycles. The highest BCUT2D eigenvalue weighted by molar-refractivity contribution is 6.62. The molecule has 1 unspecified atom stereocenters. The summed E-state index contributed by atoms with van der Waals surface area (Å²) in [7, 11) is 0. The van der Waals surface area contributed by atoms with Gasteiger partial charge in [-0.3, -0.25) is 4.79 Å². The van der Waals surface area contributed by atoms with Crippen LogP contribution in [0.4, 0.5) is 4.79 Å². The average Bonchev–Trinajstić information content (AvgIpc) is 2.13. The first-order valence-corrected chi connectivity index (χ1v) is 4.13. The van der Waals surface area contributed by atoms with E-state index in [-0.39, 0.29) is 11.4 Å². The molecule has 0 saturated carbocycles. The molecule has 4 heteroatoms. The zero-order chi connectivity index (χ0) is 8.27. The number of amides is 1. The van der Waals surface area contributed by atoms with Crippen molar-refractivity contribution >= 4 is 17.0 Å². The van der Waals surface area contributed by atoms with E-state index in [1.54, 1.807) is 4.90 Å². The Morgan fingerprint density at radius 1 is 1.64 bits per heavy atom. The molecular formula is C7H12ClNO2. The Morgan fingerprint density at radius 2 is 2.36 bits per heavy atom. The van der Waals surface area contributed by atoms with E-state index in [1.165, 1.54) is 0 Å². The Labute approximate surface area is 71.3 Å². The molecule has 1 rings (SSSR count). The van der Waals surface area contributed by atoms with Crippen molar-refractivity contribution in [3.8, 4) is 0 Å². The maximum absolute atomic E-state index is 10.8. The summed E-state index contributed by atoms with van der Waals surface area (Å²) >= 11 is 5.36. The molecule has 0 N–H and O–H groups in total. The largest absolute Gasteiger partial charge is 0.380 e. The van der Waals surface area contributed by atoms with Crippen LogP contribution in [-0.4, -0.2) is 36.1 Å². The van der Waals surface area contributed by atoms with Gasteiger partial charge in [-0.25, -0.2) is 0 Å². The molecule has 64 valence electrons. The highest BCUT2D eigenvalue weighted by atomic mass is 35.5. The van der Waals surface area contributed by atoms with Gasteiger partial charge in [0.15, 0.2) is 0 Å². The minimum absolute atomic E-state index is 0.211. The highest BCUT2D eigenvalue weighted by Crippen LogP contribution is 2.10. The lowest BCUT2D eigenvalue weighted by atomic mass is 10.2. The first-order chi connectivity index (χ1) is 5.22. The molecule has 0 aromatic rings. The molecule has 1 saturated heterocycles. The number of ether oxygens (including phenoxy) is 1. The van der Waals surface area contributed by atoms with E-state index in [9.17, 15) is 4.79 Å². The monoisotopic (exact) mass is 177 g/mol. The molecule has 1 aliphatic heterocycles. The fraction of sp³-hybridized carbons (Fsp3) is 0.857. The van der Waals surface area contributed by atoms with Gasteiger partial charge in [0.05, 0.1) is 6.61 Å². The predicted octanol–water partition coefficient (Wildman–Crippen LogP) is 1.46. The molecule has 0 spiro atoms. The number of hydrogen-bond donors (Lipinski definition) is 0. The molecule has 0 aromatic heterocycles. The van der Waals surface area contributed by atoms with Gasteiger partial charge in [0.1, 0.15) is 0 Å². The van der Waals surface area contributed by atoms with E-state index in [0.29, 0.717) is 13.2 Å². The SMILES string of the molecule is CC1CCOCCN1C(=O)Cl. The molecule has 1 amide bonds. The van der Waals surface area contributed by atoms with Crippen molar-refractivity contribution < 1.29 is 9.53 Å². The van der Waals surface area contributed by atoms with Crippen molar-refractivity contribution in [2.75, 3.05) is 19.8 Å². The molecule has 1 atom stereocenters. The summed E-state index contributed by atoms with van der Waals surface area (Å²) in [5.41, 5.74) is 0. The standard InChI is InChI=1S/C7H12ClNO2/c1-6-2-4-11-5-3-9(6)7(8)10/h6H,2-5H2,1H3. The third-order valence-corrected chi connectivity index (χ3v) is 2.13. The number of rotatable bonds is 0.